The molecule has 5 rings (SSSR count). The van der Waals surface area contributed by atoms with Crippen LogP contribution >= 0.6 is 11.3 Å². The Kier molecular flexibility index (Phi) is 5.35. The van der Waals surface area contributed by atoms with Crippen molar-refractivity contribution < 1.29 is 14.3 Å². The van der Waals surface area contributed by atoms with Crippen LogP contribution in [0, 0.1) is 13.8 Å². The Morgan fingerprint density at radius 2 is 1.75 bits per heavy atom. The lowest BCUT2D eigenvalue weighted by Crippen LogP contribution is -2.25. The predicted molar refractivity (Wildman–Crippen MR) is 126 cm³/mol. The highest BCUT2D eigenvalue weighted by atomic mass is 32.1. The van der Waals surface area contributed by atoms with Crippen molar-refractivity contribution in [2.75, 3.05) is 20.3 Å². The summed E-state index contributed by atoms with van der Waals surface area (Å²) >= 11 is 1.50. The number of benzene rings is 2. The van der Waals surface area contributed by atoms with E-state index in [1.807, 2.05) is 42.9 Å². The average Bonchev–Trinajstić information content (AvgIpc) is 3.36. The van der Waals surface area contributed by atoms with Crippen LogP contribution in [0.5, 0.6) is 11.5 Å². The lowest BCUT2D eigenvalue weighted by molar-refractivity contribution is 0.0789. The minimum atomic E-state index is 0.00220. The van der Waals surface area contributed by atoms with E-state index in [1.165, 1.54) is 22.5 Å². The fourth-order valence-corrected chi connectivity index (χ4v) is 5.07. The second kappa shape index (κ2) is 8.31. The van der Waals surface area contributed by atoms with E-state index in [4.69, 9.17) is 14.6 Å². The number of amides is 1. The van der Waals surface area contributed by atoms with Crippen molar-refractivity contribution in [1.82, 2.24) is 14.7 Å². The van der Waals surface area contributed by atoms with Crippen molar-refractivity contribution in [3.63, 3.8) is 0 Å². The van der Waals surface area contributed by atoms with Crippen LogP contribution < -0.4 is 9.47 Å². The standard InChI is InChI=1S/C25H25N3O3S/c1-16-4-6-18(7-5-16)15-28-25-20(17(2)26-28)13-23(32-25)24(29)27(3)14-19-8-9-21-22(12-19)31-11-10-30-21/h4-9,12-13H,10-11,14-15H2,1-3H3. The zero-order valence-electron chi connectivity index (χ0n) is 18.4. The van der Waals surface area contributed by atoms with Gasteiger partial charge in [0.2, 0.25) is 0 Å². The molecule has 164 valence electrons. The molecule has 1 aliphatic heterocycles. The van der Waals surface area contributed by atoms with Gasteiger partial charge in [-0.3, -0.25) is 9.48 Å². The number of hydrogen-bond acceptors (Lipinski definition) is 5. The molecule has 0 N–H and O–H groups in total. The maximum atomic E-state index is 13.2. The molecule has 2 aromatic carbocycles. The van der Waals surface area contributed by atoms with Gasteiger partial charge in [-0.25, -0.2) is 0 Å². The van der Waals surface area contributed by atoms with E-state index in [-0.39, 0.29) is 5.91 Å². The summed E-state index contributed by atoms with van der Waals surface area (Å²) in [5.41, 5.74) is 4.38. The summed E-state index contributed by atoms with van der Waals surface area (Å²) in [5.74, 6) is 1.50. The summed E-state index contributed by atoms with van der Waals surface area (Å²) in [4.78, 5) is 16.7. The number of fused-ring (bicyclic) bond motifs is 2. The van der Waals surface area contributed by atoms with Gasteiger partial charge in [-0.1, -0.05) is 35.9 Å². The van der Waals surface area contributed by atoms with Gasteiger partial charge < -0.3 is 14.4 Å². The molecule has 32 heavy (non-hydrogen) atoms. The van der Waals surface area contributed by atoms with E-state index in [2.05, 4.69) is 31.2 Å². The van der Waals surface area contributed by atoms with E-state index in [0.717, 1.165) is 37.9 Å². The van der Waals surface area contributed by atoms with Crippen molar-refractivity contribution in [2.45, 2.75) is 26.9 Å². The molecule has 2 aromatic heterocycles. The molecule has 0 aliphatic carbocycles. The van der Waals surface area contributed by atoms with Crippen molar-refractivity contribution in [3.05, 3.63) is 75.8 Å². The molecule has 0 atom stereocenters. The van der Waals surface area contributed by atoms with E-state index in [9.17, 15) is 4.79 Å². The van der Waals surface area contributed by atoms with E-state index in [0.29, 0.717) is 26.3 Å². The van der Waals surface area contributed by atoms with Crippen LogP contribution in [-0.2, 0) is 13.1 Å². The Labute approximate surface area is 191 Å². The number of hydrogen-bond donors (Lipinski definition) is 0. The molecule has 0 saturated carbocycles. The van der Waals surface area contributed by atoms with Gasteiger partial charge in [0.05, 0.1) is 17.1 Å². The first-order valence-electron chi connectivity index (χ1n) is 10.6. The summed E-state index contributed by atoms with van der Waals surface area (Å²) in [5, 5.41) is 5.74. The second-order valence-electron chi connectivity index (χ2n) is 8.20. The maximum Gasteiger partial charge on any atom is 0.264 e. The number of carbonyl (C=O) groups is 1. The van der Waals surface area contributed by atoms with Gasteiger partial charge in [0, 0.05) is 19.0 Å². The molecule has 0 spiro atoms. The van der Waals surface area contributed by atoms with Gasteiger partial charge in [-0.05, 0) is 43.2 Å². The zero-order chi connectivity index (χ0) is 22.2. The molecule has 3 heterocycles. The minimum Gasteiger partial charge on any atom is -0.486 e. The molecular weight excluding hydrogens is 422 g/mol. The highest BCUT2D eigenvalue weighted by Gasteiger charge is 2.20. The first kappa shape index (κ1) is 20.6. The molecule has 0 fully saturated rings. The van der Waals surface area contributed by atoms with Gasteiger partial charge in [-0.2, -0.15) is 5.10 Å². The number of nitrogens with zero attached hydrogens (tertiary/aromatic N) is 3. The number of aromatic nitrogens is 2. The van der Waals surface area contributed by atoms with Gasteiger partial charge in [-0.15, -0.1) is 11.3 Å². The average molecular weight is 448 g/mol. The summed E-state index contributed by atoms with van der Waals surface area (Å²) in [6.45, 7) is 6.37. The first-order chi connectivity index (χ1) is 15.5. The third-order valence-electron chi connectivity index (χ3n) is 5.64. The quantitative estimate of drug-likeness (QED) is 0.441. The summed E-state index contributed by atoms with van der Waals surface area (Å²) in [7, 11) is 1.83. The Morgan fingerprint density at radius 1 is 1.03 bits per heavy atom. The van der Waals surface area contributed by atoms with Crippen LogP contribution in [-0.4, -0.2) is 40.8 Å². The molecule has 1 aliphatic rings. The van der Waals surface area contributed by atoms with Gasteiger partial charge in [0.15, 0.2) is 11.5 Å². The Morgan fingerprint density at radius 3 is 2.53 bits per heavy atom. The molecule has 0 unspecified atom stereocenters. The van der Waals surface area contributed by atoms with Crippen LogP contribution in [0.15, 0.2) is 48.5 Å². The minimum absolute atomic E-state index is 0.00220. The second-order valence-corrected chi connectivity index (χ2v) is 9.23. The monoisotopic (exact) mass is 447 g/mol. The highest BCUT2D eigenvalue weighted by molar-refractivity contribution is 7.20. The molecule has 7 heteroatoms. The van der Waals surface area contributed by atoms with Crippen molar-refractivity contribution in [3.8, 4) is 11.5 Å². The number of ether oxygens (including phenoxy) is 2. The largest absolute Gasteiger partial charge is 0.486 e. The highest BCUT2D eigenvalue weighted by Crippen LogP contribution is 2.32. The summed E-state index contributed by atoms with van der Waals surface area (Å²) in [6, 6.07) is 16.3. The van der Waals surface area contributed by atoms with Crippen LogP contribution in [0.4, 0.5) is 0 Å². The Hall–Kier alpha value is -3.32. The number of rotatable bonds is 5. The Balaban J connectivity index is 1.35. The SMILES string of the molecule is Cc1ccc(Cn2nc(C)c3cc(C(=O)N(C)Cc4ccc5c(c4)OCCO5)sc32)cc1. The third kappa shape index (κ3) is 3.96. The van der Waals surface area contributed by atoms with Gasteiger partial charge in [0.25, 0.3) is 5.91 Å². The smallest absolute Gasteiger partial charge is 0.264 e. The fourth-order valence-electron chi connectivity index (χ4n) is 3.91. The molecular formula is C25H25N3O3S. The molecule has 4 aromatic rings. The van der Waals surface area contributed by atoms with Crippen molar-refractivity contribution in [1.29, 1.82) is 0 Å². The molecule has 6 nitrogen and oxygen atoms in total. The van der Waals surface area contributed by atoms with E-state index >= 15 is 0 Å². The van der Waals surface area contributed by atoms with Gasteiger partial charge in [0.1, 0.15) is 18.0 Å². The molecule has 0 saturated heterocycles. The van der Waals surface area contributed by atoms with Crippen molar-refractivity contribution >= 4 is 27.5 Å². The topological polar surface area (TPSA) is 56.6 Å². The zero-order valence-corrected chi connectivity index (χ0v) is 19.2. The predicted octanol–water partition coefficient (Wildman–Crippen LogP) is 4.81. The van der Waals surface area contributed by atoms with Crippen LogP contribution in [0.1, 0.15) is 32.1 Å². The van der Waals surface area contributed by atoms with Gasteiger partial charge >= 0.3 is 0 Å². The molecule has 1 amide bonds. The number of thiophene rings is 1. The molecule has 0 radical (unpaired) electrons. The summed E-state index contributed by atoms with van der Waals surface area (Å²) < 4.78 is 13.2. The third-order valence-corrected chi connectivity index (χ3v) is 6.78. The lowest BCUT2D eigenvalue weighted by Gasteiger charge is -2.21. The number of aryl methyl sites for hydroxylation is 2. The van der Waals surface area contributed by atoms with Crippen LogP contribution in [0.2, 0.25) is 0 Å². The fraction of sp³-hybridized carbons (Fsp3) is 0.280. The summed E-state index contributed by atoms with van der Waals surface area (Å²) in [6.07, 6.45) is 0. The Bertz CT molecular complexity index is 1290. The van der Waals surface area contributed by atoms with Crippen LogP contribution in [0.25, 0.3) is 10.2 Å². The van der Waals surface area contributed by atoms with Crippen molar-refractivity contribution in [2.24, 2.45) is 0 Å². The first-order valence-corrected chi connectivity index (χ1v) is 11.5. The lowest BCUT2D eigenvalue weighted by atomic mass is 10.1. The van der Waals surface area contributed by atoms with E-state index < -0.39 is 0 Å². The van der Waals surface area contributed by atoms with E-state index in [1.54, 1.807) is 4.90 Å². The van der Waals surface area contributed by atoms with Crippen LogP contribution in [0.3, 0.4) is 0 Å². The maximum absolute atomic E-state index is 13.2. The molecule has 0 bridgehead atoms. The normalized spacial score (nSPS) is 12.8. The number of carbonyl (C=O) groups excluding carboxylic acids is 1.